The van der Waals surface area contributed by atoms with Crippen molar-refractivity contribution in [1.29, 1.82) is 0 Å². The van der Waals surface area contributed by atoms with E-state index >= 15 is 0 Å². The highest BCUT2D eigenvalue weighted by Gasteiger charge is 2.32. The number of sulfonamides is 1. The first-order valence-corrected chi connectivity index (χ1v) is 8.18. The zero-order chi connectivity index (χ0) is 15.5. The molecule has 6 heteroatoms. The topological polar surface area (TPSA) is 37.4 Å². The van der Waals surface area contributed by atoms with Crippen LogP contribution in [0.15, 0.2) is 23.1 Å². The Bertz CT molecular complexity index is 550. The predicted octanol–water partition coefficient (Wildman–Crippen LogP) is 3.55. The molecule has 20 heavy (non-hydrogen) atoms. The SMILES string of the molecule is CCC(C)N(C(C)CC)S(=O)(=O)c1ccc(F)c(F)c1. The first kappa shape index (κ1) is 17.0. The van der Waals surface area contributed by atoms with Crippen molar-refractivity contribution in [3.63, 3.8) is 0 Å². The smallest absolute Gasteiger partial charge is 0.207 e. The Morgan fingerprint density at radius 1 is 1.05 bits per heavy atom. The fraction of sp³-hybridized carbons (Fsp3) is 0.571. The summed E-state index contributed by atoms with van der Waals surface area (Å²) in [4.78, 5) is -0.211. The van der Waals surface area contributed by atoms with E-state index in [0.29, 0.717) is 12.8 Å². The molecule has 0 N–H and O–H groups in total. The quantitative estimate of drug-likeness (QED) is 0.806. The monoisotopic (exact) mass is 305 g/mol. The molecule has 1 rings (SSSR count). The van der Waals surface area contributed by atoms with Crippen LogP contribution in [-0.2, 0) is 10.0 Å². The number of halogens is 2. The summed E-state index contributed by atoms with van der Waals surface area (Å²) < 4.78 is 52.9. The van der Waals surface area contributed by atoms with Crippen LogP contribution in [0.25, 0.3) is 0 Å². The normalized spacial score (nSPS) is 15.3. The second-order valence-electron chi connectivity index (χ2n) is 4.93. The van der Waals surface area contributed by atoms with Crippen LogP contribution in [0.2, 0.25) is 0 Å². The van der Waals surface area contributed by atoms with Crippen LogP contribution in [0.3, 0.4) is 0 Å². The van der Waals surface area contributed by atoms with Gasteiger partial charge in [0.05, 0.1) is 4.90 Å². The first-order chi connectivity index (χ1) is 9.25. The number of hydrogen-bond acceptors (Lipinski definition) is 2. The molecule has 1 aromatic rings. The maximum atomic E-state index is 13.3. The Morgan fingerprint density at radius 3 is 1.95 bits per heavy atom. The first-order valence-electron chi connectivity index (χ1n) is 6.74. The van der Waals surface area contributed by atoms with E-state index in [2.05, 4.69) is 0 Å². The molecule has 0 radical (unpaired) electrons. The van der Waals surface area contributed by atoms with Gasteiger partial charge in [0, 0.05) is 12.1 Å². The molecular formula is C14H21F2NO2S. The van der Waals surface area contributed by atoms with Crippen molar-refractivity contribution in [3.8, 4) is 0 Å². The average Bonchev–Trinajstić information content (AvgIpc) is 2.41. The summed E-state index contributed by atoms with van der Waals surface area (Å²) in [5, 5.41) is 0. The third kappa shape index (κ3) is 3.35. The van der Waals surface area contributed by atoms with E-state index in [4.69, 9.17) is 0 Å². The molecule has 2 unspecified atom stereocenters. The Kier molecular flexibility index (Phi) is 5.65. The zero-order valence-electron chi connectivity index (χ0n) is 12.2. The molecule has 0 heterocycles. The van der Waals surface area contributed by atoms with Gasteiger partial charge < -0.3 is 0 Å². The number of rotatable bonds is 6. The van der Waals surface area contributed by atoms with Crippen LogP contribution in [0.5, 0.6) is 0 Å². The van der Waals surface area contributed by atoms with Crippen molar-refractivity contribution in [3.05, 3.63) is 29.8 Å². The Hall–Kier alpha value is -1.01. The van der Waals surface area contributed by atoms with E-state index in [1.54, 1.807) is 0 Å². The fourth-order valence-electron chi connectivity index (χ4n) is 2.03. The summed E-state index contributed by atoms with van der Waals surface area (Å²) in [6.07, 6.45) is 1.29. The highest BCUT2D eigenvalue weighted by molar-refractivity contribution is 7.89. The van der Waals surface area contributed by atoms with Crippen molar-refractivity contribution in [2.45, 2.75) is 57.5 Å². The lowest BCUT2D eigenvalue weighted by atomic mass is 10.2. The van der Waals surface area contributed by atoms with Crippen molar-refractivity contribution in [2.24, 2.45) is 0 Å². The van der Waals surface area contributed by atoms with Gasteiger partial charge in [-0.25, -0.2) is 17.2 Å². The van der Waals surface area contributed by atoms with Crippen molar-refractivity contribution in [1.82, 2.24) is 4.31 Å². The summed E-state index contributed by atoms with van der Waals surface area (Å²) >= 11 is 0. The molecule has 0 aliphatic heterocycles. The van der Waals surface area contributed by atoms with Crippen molar-refractivity contribution >= 4 is 10.0 Å². The molecule has 0 saturated carbocycles. The maximum absolute atomic E-state index is 13.3. The van der Waals surface area contributed by atoms with E-state index in [9.17, 15) is 17.2 Å². The lowest BCUT2D eigenvalue weighted by molar-refractivity contribution is 0.262. The molecule has 0 aliphatic rings. The summed E-state index contributed by atoms with van der Waals surface area (Å²) in [6.45, 7) is 7.40. The van der Waals surface area contributed by atoms with Crippen LogP contribution < -0.4 is 0 Å². The van der Waals surface area contributed by atoms with E-state index < -0.39 is 21.7 Å². The van der Waals surface area contributed by atoms with E-state index in [1.807, 2.05) is 27.7 Å². The molecule has 0 aromatic heterocycles. The third-order valence-corrected chi connectivity index (χ3v) is 5.64. The predicted molar refractivity (Wildman–Crippen MR) is 74.9 cm³/mol. The molecule has 0 fully saturated rings. The van der Waals surface area contributed by atoms with Crippen LogP contribution in [0, 0.1) is 11.6 Å². The molecule has 0 saturated heterocycles. The lowest BCUT2D eigenvalue weighted by Crippen LogP contribution is -2.44. The second kappa shape index (κ2) is 6.63. The molecule has 3 nitrogen and oxygen atoms in total. The van der Waals surface area contributed by atoms with Gasteiger partial charge >= 0.3 is 0 Å². The van der Waals surface area contributed by atoms with Gasteiger partial charge in [-0.1, -0.05) is 13.8 Å². The Morgan fingerprint density at radius 2 is 1.55 bits per heavy atom. The minimum absolute atomic E-state index is 0.205. The summed E-state index contributed by atoms with van der Waals surface area (Å²) in [5.41, 5.74) is 0. The minimum Gasteiger partial charge on any atom is -0.207 e. The Balaban J connectivity index is 3.32. The van der Waals surface area contributed by atoms with Crippen LogP contribution in [-0.4, -0.2) is 24.8 Å². The highest BCUT2D eigenvalue weighted by atomic mass is 32.2. The summed E-state index contributed by atoms with van der Waals surface area (Å²) in [5.74, 6) is -2.21. The molecule has 0 bridgehead atoms. The van der Waals surface area contributed by atoms with Gasteiger partial charge in [0.1, 0.15) is 0 Å². The molecule has 0 amide bonds. The van der Waals surface area contributed by atoms with Gasteiger partial charge in [-0.3, -0.25) is 0 Å². The molecular weight excluding hydrogens is 284 g/mol. The van der Waals surface area contributed by atoms with E-state index in [-0.39, 0.29) is 17.0 Å². The second-order valence-corrected chi connectivity index (χ2v) is 6.77. The van der Waals surface area contributed by atoms with Gasteiger partial charge in [-0.05, 0) is 44.9 Å². The van der Waals surface area contributed by atoms with E-state index in [0.717, 1.165) is 18.2 Å². The molecule has 0 aliphatic carbocycles. The van der Waals surface area contributed by atoms with Gasteiger partial charge in [0.25, 0.3) is 0 Å². The van der Waals surface area contributed by atoms with Gasteiger partial charge in [-0.15, -0.1) is 0 Å². The lowest BCUT2D eigenvalue weighted by Gasteiger charge is -2.32. The maximum Gasteiger partial charge on any atom is 0.243 e. The van der Waals surface area contributed by atoms with Crippen LogP contribution >= 0.6 is 0 Å². The minimum atomic E-state index is -3.84. The van der Waals surface area contributed by atoms with Crippen molar-refractivity contribution < 1.29 is 17.2 Å². The van der Waals surface area contributed by atoms with Crippen molar-refractivity contribution in [2.75, 3.05) is 0 Å². The van der Waals surface area contributed by atoms with E-state index in [1.165, 1.54) is 4.31 Å². The van der Waals surface area contributed by atoms with Gasteiger partial charge in [0.2, 0.25) is 10.0 Å². The van der Waals surface area contributed by atoms with Gasteiger partial charge in [-0.2, -0.15) is 4.31 Å². The third-order valence-electron chi connectivity index (χ3n) is 3.52. The largest absolute Gasteiger partial charge is 0.243 e. The average molecular weight is 305 g/mol. The van der Waals surface area contributed by atoms with Crippen LogP contribution in [0.4, 0.5) is 8.78 Å². The molecule has 114 valence electrons. The highest BCUT2D eigenvalue weighted by Crippen LogP contribution is 2.24. The Labute approximate surface area is 119 Å². The summed E-state index contributed by atoms with van der Waals surface area (Å²) in [6, 6.07) is 2.27. The fourth-order valence-corrected chi connectivity index (χ4v) is 4.01. The number of benzene rings is 1. The van der Waals surface area contributed by atoms with Crippen LogP contribution in [0.1, 0.15) is 40.5 Å². The standard InChI is InChI=1S/C14H21F2NO2S/c1-5-10(3)17(11(4)6-2)20(18,19)12-7-8-13(15)14(16)9-12/h7-11H,5-6H2,1-4H3. The van der Waals surface area contributed by atoms with Gasteiger partial charge in [0.15, 0.2) is 11.6 Å². The summed E-state index contributed by atoms with van der Waals surface area (Å²) in [7, 11) is -3.84. The molecule has 1 aromatic carbocycles. The zero-order valence-corrected chi connectivity index (χ0v) is 13.0. The molecule has 2 atom stereocenters. The number of hydrogen-bond donors (Lipinski definition) is 0. The molecule has 0 spiro atoms. The number of nitrogens with zero attached hydrogens (tertiary/aromatic N) is 1.